The van der Waals surface area contributed by atoms with Crippen LogP contribution in [0.15, 0.2) is 59.3 Å². The molecule has 1 heterocycles. The van der Waals surface area contributed by atoms with Crippen molar-refractivity contribution in [1.29, 1.82) is 10.5 Å². The molecule has 0 bridgehead atoms. The van der Waals surface area contributed by atoms with E-state index in [2.05, 4.69) is 0 Å². The first-order valence-electron chi connectivity index (χ1n) is 4.17. The summed E-state index contributed by atoms with van der Waals surface area (Å²) >= 11 is 1.71. The van der Waals surface area contributed by atoms with Crippen molar-refractivity contribution in [2.24, 2.45) is 0 Å². The topological polar surface area (TPSA) is 47.6 Å². The third-order valence-corrected chi connectivity index (χ3v) is 1.77. The summed E-state index contributed by atoms with van der Waals surface area (Å²) in [7, 11) is 0. The van der Waals surface area contributed by atoms with Gasteiger partial charge in [-0.3, -0.25) is 0 Å². The van der Waals surface area contributed by atoms with Crippen molar-refractivity contribution in [3.63, 3.8) is 0 Å². The van der Waals surface area contributed by atoms with Gasteiger partial charge in [0.25, 0.3) is 0 Å². The molecule has 4 heteroatoms. The summed E-state index contributed by atoms with van der Waals surface area (Å²) < 4.78 is 0. The van der Waals surface area contributed by atoms with E-state index in [1.54, 1.807) is 11.3 Å². The molecule has 2 nitrogen and oxygen atoms in total. The quantitative estimate of drug-likeness (QED) is 0.715. The Balaban J connectivity index is 0. The van der Waals surface area contributed by atoms with Crippen LogP contribution in [0.25, 0.3) is 0 Å². The number of nitrogens with zero attached hydrogens (tertiary/aromatic N) is 2. The highest BCUT2D eigenvalue weighted by Crippen LogP contribution is 1.91. The van der Waals surface area contributed by atoms with Gasteiger partial charge in [-0.25, -0.2) is 0 Å². The van der Waals surface area contributed by atoms with Crippen LogP contribution in [0.3, 0.4) is 0 Å². The number of benzene rings is 1. The van der Waals surface area contributed by atoms with Crippen LogP contribution in [0, 0.1) is 22.7 Å². The smallest absolute Gasteiger partial charge is 0.181 e. The molecule has 82 valence electrons. The van der Waals surface area contributed by atoms with E-state index in [-0.39, 0.29) is 13.5 Å². The third-order valence-electron chi connectivity index (χ3n) is 1.14. The van der Waals surface area contributed by atoms with Crippen LogP contribution in [0.5, 0.6) is 0 Å². The van der Waals surface area contributed by atoms with E-state index >= 15 is 0 Å². The Morgan fingerprint density at radius 2 is 0.938 bits per heavy atom. The molecule has 0 N–H and O–H groups in total. The molecule has 0 aliphatic rings. The minimum atomic E-state index is 0. The van der Waals surface area contributed by atoms with Gasteiger partial charge in [0.05, 0.1) is 0 Å². The third kappa shape index (κ3) is 14.8. The van der Waals surface area contributed by atoms with E-state index in [0.29, 0.717) is 0 Å². The number of nitriles is 2. The molecule has 0 aliphatic carbocycles. The summed E-state index contributed by atoms with van der Waals surface area (Å²) in [5.74, 6) is 0. The van der Waals surface area contributed by atoms with E-state index in [4.69, 9.17) is 10.5 Å². The van der Waals surface area contributed by atoms with Gasteiger partial charge in [0, 0.05) is 0 Å². The van der Waals surface area contributed by atoms with Gasteiger partial charge in [-0.15, -0.1) is 0 Å². The normalized spacial score (nSPS) is 6.12. The first kappa shape index (κ1) is 16.7. The number of hydrogen-bond acceptors (Lipinski definition) is 3. The minimum absolute atomic E-state index is 0. The summed E-state index contributed by atoms with van der Waals surface area (Å²) in [6.07, 6.45) is 0. The van der Waals surface area contributed by atoms with Gasteiger partial charge in [-0.05, 0) is 10.8 Å². The molecule has 2 aromatic rings. The SMILES string of the molecule is N#CC#N.S.c1ccccc1.c1ccsc1. The Bertz CT molecular complexity index is 329. The highest BCUT2D eigenvalue weighted by molar-refractivity contribution is 7.59. The highest BCUT2D eigenvalue weighted by atomic mass is 32.1. The molecular formula is C12H12N2S2. The van der Waals surface area contributed by atoms with Crippen LogP contribution in [0.4, 0.5) is 0 Å². The van der Waals surface area contributed by atoms with Crippen molar-refractivity contribution in [2.75, 3.05) is 0 Å². The van der Waals surface area contributed by atoms with E-state index in [1.165, 1.54) is 12.1 Å². The van der Waals surface area contributed by atoms with Crippen LogP contribution >= 0.6 is 24.8 Å². The summed E-state index contributed by atoms with van der Waals surface area (Å²) in [6, 6.07) is 18.5. The molecule has 0 radical (unpaired) electrons. The molecule has 0 unspecified atom stereocenters. The first-order valence-corrected chi connectivity index (χ1v) is 5.11. The Morgan fingerprint density at radius 3 is 1.06 bits per heavy atom. The molecular weight excluding hydrogens is 236 g/mol. The molecule has 0 aliphatic heterocycles. The van der Waals surface area contributed by atoms with Crippen molar-refractivity contribution in [3.8, 4) is 12.1 Å². The Labute approximate surface area is 107 Å². The molecule has 2 rings (SSSR count). The molecule has 1 aromatic heterocycles. The number of rotatable bonds is 0. The average molecular weight is 248 g/mol. The molecule has 0 fully saturated rings. The summed E-state index contributed by atoms with van der Waals surface area (Å²) in [4.78, 5) is 0. The zero-order valence-corrected chi connectivity index (χ0v) is 10.4. The summed E-state index contributed by atoms with van der Waals surface area (Å²) in [5, 5.41) is 18.6. The fourth-order valence-electron chi connectivity index (χ4n) is 0.612. The van der Waals surface area contributed by atoms with Crippen LogP contribution < -0.4 is 0 Å². The Hall–Kier alpha value is -1.75. The van der Waals surface area contributed by atoms with Crippen LogP contribution in [0.2, 0.25) is 0 Å². The van der Waals surface area contributed by atoms with E-state index in [1.807, 2.05) is 59.3 Å². The number of hydrogen-bond donors (Lipinski definition) is 0. The lowest BCUT2D eigenvalue weighted by molar-refractivity contribution is 1.49. The van der Waals surface area contributed by atoms with Crippen molar-refractivity contribution >= 4 is 24.8 Å². The van der Waals surface area contributed by atoms with Gasteiger partial charge in [0.1, 0.15) is 0 Å². The summed E-state index contributed by atoms with van der Waals surface area (Å²) in [6.45, 7) is 0. The van der Waals surface area contributed by atoms with Gasteiger partial charge in [-0.1, -0.05) is 48.5 Å². The summed E-state index contributed by atoms with van der Waals surface area (Å²) in [5.41, 5.74) is 0. The zero-order chi connectivity index (χ0) is 11.2. The monoisotopic (exact) mass is 248 g/mol. The van der Waals surface area contributed by atoms with Crippen molar-refractivity contribution in [1.82, 2.24) is 0 Å². The lowest BCUT2D eigenvalue weighted by atomic mass is 10.4. The fraction of sp³-hybridized carbons (Fsp3) is 0. The first-order chi connectivity index (χ1) is 7.41. The molecule has 0 saturated heterocycles. The fourth-order valence-corrected chi connectivity index (χ4v) is 1.07. The molecule has 16 heavy (non-hydrogen) atoms. The van der Waals surface area contributed by atoms with Crippen molar-refractivity contribution in [3.05, 3.63) is 59.3 Å². The van der Waals surface area contributed by atoms with Gasteiger partial charge in [-0.2, -0.15) is 35.4 Å². The minimum Gasteiger partial charge on any atom is -0.197 e. The second-order valence-corrected chi connectivity index (χ2v) is 2.99. The highest BCUT2D eigenvalue weighted by Gasteiger charge is 1.58. The predicted octanol–water partition coefficient (Wildman–Crippen LogP) is 3.58. The van der Waals surface area contributed by atoms with Crippen LogP contribution in [-0.2, 0) is 0 Å². The van der Waals surface area contributed by atoms with Crippen LogP contribution in [0.1, 0.15) is 0 Å². The second-order valence-electron chi connectivity index (χ2n) is 2.17. The second kappa shape index (κ2) is 15.7. The lowest BCUT2D eigenvalue weighted by Gasteiger charge is -1.69. The molecule has 0 spiro atoms. The van der Waals surface area contributed by atoms with Gasteiger partial charge in [0.15, 0.2) is 12.1 Å². The lowest BCUT2D eigenvalue weighted by Crippen LogP contribution is -1.47. The maximum atomic E-state index is 7.26. The number of thiophene rings is 1. The predicted molar refractivity (Wildman–Crippen MR) is 72.4 cm³/mol. The Morgan fingerprint density at radius 1 is 0.625 bits per heavy atom. The van der Waals surface area contributed by atoms with Crippen LogP contribution in [-0.4, -0.2) is 0 Å². The largest absolute Gasteiger partial charge is 0.197 e. The molecule has 0 amide bonds. The molecule has 0 saturated carbocycles. The van der Waals surface area contributed by atoms with Gasteiger partial charge >= 0.3 is 0 Å². The average Bonchev–Trinajstić information content (AvgIpc) is 2.90. The van der Waals surface area contributed by atoms with Gasteiger partial charge < -0.3 is 0 Å². The molecule has 1 aromatic carbocycles. The standard InChI is InChI=1S/C6H6.C4H4S.C2N2.H2S/c1-2-4-6-5-3-1;1-2-4-5-3-1;3-1-2-4;/h1-6H;1-4H;;1H2. The van der Waals surface area contributed by atoms with E-state index < -0.39 is 0 Å². The van der Waals surface area contributed by atoms with E-state index in [0.717, 1.165) is 0 Å². The van der Waals surface area contributed by atoms with Crippen molar-refractivity contribution in [2.45, 2.75) is 0 Å². The Kier molecular flexibility index (Phi) is 16.4. The molecule has 0 atom stereocenters. The van der Waals surface area contributed by atoms with Gasteiger partial charge in [0.2, 0.25) is 0 Å². The van der Waals surface area contributed by atoms with E-state index in [9.17, 15) is 0 Å². The maximum absolute atomic E-state index is 7.26. The zero-order valence-electron chi connectivity index (χ0n) is 8.58. The maximum Gasteiger partial charge on any atom is 0.181 e. The van der Waals surface area contributed by atoms with Crippen molar-refractivity contribution < 1.29 is 0 Å².